The minimum absolute atomic E-state index is 0.0884. The summed E-state index contributed by atoms with van der Waals surface area (Å²) in [6, 6.07) is 8.06. The van der Waals surface area contributed by atoms with Crippen LogP contribution in [0.5, 0.6) is 0 Å². The van der Waals surface area contributed by atoms with Gasteiger partial charge in [0.05, 0.1) is 17.3 Å². The molecule has 2 aromatic rings. The first kappa shape index (κ1) is 12.2. The number of carbonyl (C=O) groups is 1. The summed E-state index contributed by atoms with van der Waals surface area (Å²) in [5.74, 6) is 0.103. The van der Waals surface area contributed by atoms with E-state index in [1.807, 2.05) is 23.9 Å². The van der Waals surface area contributed by atoms with Crippen LogP contribution in [-0.2, 0) is 18.4 Å². The minimum atomic E-state index is -0.0884. The first-order chi connectivity index (χ1) is 9.25. The number of nitrogens with zero attached hydrogens (tertiary/aromatic N) is 2. The molecule has 3 rings (SSSR count). The number of amides is 1. The van der Waals surface area contributed by atoms with E-state index in [2.05, 4.69) is 27.9 Å². The predicted octanol–water partition coefficient (Wildman–Crippen LogP) is 0.941. The SMILES string of the molecule is Cn1nc(CNC2CCCNC2=O)c2ccccc21. The maximum absolute atomic E-state index is 11.7. The summed E-state index contributed by atoms with van der Waals surface area (Å²) in [5, 5.41) is 11.9. The molecule has 1 aromatic heterocycles. The molecular weight excluding hydrogens is 240 g/mol. The standard InChI is InChI=1S/C14H18N4O/c1-18-13-7-3-2-5-10(13)12(17-18)9-16-11-6-4-8-15-14(11)19/h2-3,5,7,11,16H,4,6,8-9H2,1H3,(H,15,19). The molecule has 2 heterocycles. The minimum Gasteiger partial charge on any atom is -0.355 e. The van der Waals surface area contributed by atoms with Crippen LogP contribution in [0, 0.1) is 0 Å². The van der Waals surface area contributed by atoms with Crippen molar-refractivity contribution in [1.29, 1.82) is 0 Å². The number of benzene rings is 1. The lowest BCUT2D eigenvalue weighted by atomic mass is 10.1. The molecule has 0 spiro atoms. The number of aryl methyl sites for hydroxylation is 1. The average Bonchev–Trinajstić information content (AvgIpc) is 2.75. The Balaban J connectivity index is 1.76. The zero-order valence-electron chi connectivity index (χ0n) is 11.0. The Labute approximate surface area is 112 Å². The number of carbonyl (C=O) groups excluding carboxylic acids is 1. The molecule has 1 unspecified atom stereocenters. The lowest BCUT2D eigenvalue weighted by Gasteiger charge is -2.22. The highest BCUT2D eigenvalue weighted by Gasteiger charge is 2.21. The summed E-state index contributed by atoms with van der Waals surface area (Å²) in [4.78, 5) is 11.7. The summed E-state index contributed by atoms with van der Waals surface area (Å²) in [7, 11) is 1.94. The molecule has 0 saturated carbocycles. The molecule has 0 aliphatic carbocycles. The van der Waals surface area contributed by atoms with Crippen molar-refractivity contribution in [2.24, 2.45) is 7.05 Å². The number of para-hydroxylation sites is 1. The van der Waals surface area contributed by atoms with Crippen LogP contribution in [-0.4, -0.2) is 28.3 Å². The second-order valence-corrected chi connectivity index (χ2v) is 4.95. The number of hydrogen-bond acceptors (Lipinski definition) is 3. The number of aromatic nitrogens is 2. The maximum atomic E-state index is 11.7. The average molecular weight is 258 g/mol. The van der Waals surface area contributed by atoms with Gasteiger partial charge < -0.3 is 10.6 Å². The van der Waals surface area contributed by atoms with Crippen LogP contribution in [0.15, 0.2) is 24.3 Å². The first-order valence-corrected chi connectivity index (χ1v) is 6.67. The van der Waals surface area contributed by atoms with Crippen molar-refractivity contribution in [1.82, 2.24) is 20.4 Å². The van der Waals surface area contributed by atoms with Crippen molar-refractivity contribution < 1.29 is 4.79 Å². The summed E-state index contributed by atoms with van der Waals surface area (Å²) in [6.07, 6.45) is 1.93. The van der Waals surface area contributed by atoms with Crippen molar-refractivity contribution in [3.63, 3.8) is 0 Å². The van der Waals surface area contributed by atoms with Crippen molar-refractivity contribution in [2.45, 2.75) is 25.4 Å². The molecule has 1 aliphatic heterocycles. The summed E-state index contributed by atoms with van der Waals surface area (Å²) < 4.78 is 1.88. The van der Waals surface area contributed by atoms with E-state index in [-0.39, 0.29) is 11.9 Å². The van der Waals surface area contributed by atoms with Gasteiger partial charge in [0.15, 0.2) is 0 Å². The molecular formula is C14H18N4O. The Hall–Kier alpha value is -1.88. The number of piperidine rings is 1. The van der Waals surface area contributed by atoms with E-state index >= 15 is 0 Å². The van der Waals surface area contributed by atoms with Gasteiger partial charge in [-0.2, -0.15) is 5.10 Å². The molecule has 1 saturated heterocycles. The second kappa shape index (κ2) is 5.01. The lowest BCUT2D eigenvalue weighted by molar-refractivity contribution is -0.124. The number of fused-ring (bicyclic) bond motifs is 1. The van der Waals surface area contributed by atoms with Crippen molar-refractivity contribution >= 4 is 16.8 Å². The van der Waals surface area contributed by atoms with Gasteiger partial charge in [-0.05, 0) is 18.9 Å². The van der Waals surface area contributed by atoms with Crippen molar-refractivity contribution in [2.75, 3.05) is 6.54 Å². The van der Waals surface area contributed by atoms with Crippen LogP contribution in [0.3, 0.4) is 0 Å². The highest BCUT2D eigenvalue weighted by atomic mass is 16.2. The fourth-order valence-electron chi connectivity index (χ4n) is 2.61. The van der Waals surface area contributed by atoms with Gasteiger partial charge in [-0.15, -0.1) is 0 Å². The van der Waals surface area contributed by atoms with E-state index < -0.39 is 0 Å². The Morgan fingerprint density at radius 2 is 2.32 bits per heavy atom. The summed E-state index contributed by atoms with van der Waals surface area (Å²) in [6.45, 7) is 1.42. The summed E-state index contributed by atoms with van der Waals surface area (Å²) in [5.41, 5.74) is 2.11. The van der Waals surface area contributed by atoms with Crippen LogP contribution >= 0.6 is 0 Å². The Morgan fingerprint density at radius 1 is 1.47 bits per heavy atom. The van der Waals surface area contributed by atoms with E-state index in [0.717, 1.165) is 36.0 Å². The molecule has 1 aliphatic rings. The topological polar surface area (TPSA) is 59.0 Å². The third kappa shape index (κ3) is 2.33. The van der Waals surface area contributed by atoms with E-state index in [9.17, 15) is 4.79 Å². The molecule has 1 fully saturated rings. The van der Waals surface area contributed by atoms with Gasteiger partial charge in [0.25, 0.3) is 0 Å². The highest BCUT2D eigenvalue weighted by Crippen LogP contribution is 2.17. The van der Waals surface area contributed by atoms with Crippen LogP contribution in [0.2, 0.25) is 0 Å². The summed E-state index contributed by atoms with van der Waals surface area (Å²) >= 11 is 0. The normalized spacial score (nSPS) is 19.6. The quantitative estimate of drug-likeness (QED) is 0.861. The van der Waals surface area contributed by atoms with Gasteiger partial charge in [0.1, 0.15) is 0 Å². The largest absolute Gasteiger partial charge is 0.355 e. The van der Waals surface area contributed by atoms with Crippen LogP contribution in [0.4, 0.5) is 0 Å². The van der Waals surface area contributed by atoms with Crippen LogP contribution in [0.1, 0.15) is 18.5 Å². The van der Waals surface area contributed by atoms with Gasteiger partial charge in [-0.1, -0.05) is 18.2 Å². The van der Waals surface area contributed by atoms with Gasteiger partial charge in [0.2, 0.25) is 5.91 Å². The highest BCUT2D eigenvalue weighted by molar-refractivity contribution is 5.83. The fourth-order valence-corrected chi connectivity index (χ4v) is 2.61. The van der Waals surface area contributed by atoms with E-state index in [1.54, 1.807) is 0 Å². The van der Waals surface area contributed by atoms with Crippen LogP contribution < -0.4 is 10.6 Å². The van der Waals surface area contributed by atoms with E-state index in [0.29, 0.717) is 6.54 Å². The maximum Gasteiger partial charge on any atom is 0.237 e. The predicted molar refractivity (Wildman–Crippen MR) is 73.6 cm³/mol. The zero-order chi connectivity index (χ0) is 13.2. The Bertz CT molecular complexity index is 605. The third-order valence-electron chi connectivity index (χ3n) is 3.64. The molecule has 5 nitrogen and oxygen atoms in total. The molecule has 2 N–H and O–H groups in total. The second-order valence-electron chi connectivity index (χ2n) is 4.95. The number of nitrogens with one attached hydrogen (secondary N) is 2. The van der Waals surface area contributed by atoms with E-state index in [1.165, 1.54) is 0 Å². The van der Waals surface area contributed by atoms with Crippen molar-refractivity contribution in [3.8, 4) is 0 Å². The molecule has 0 radical (unpaired) electrons. The lowest BCUT2D eigenvalue weighted by Crippen LogP contribution is -2.47. The molecule has 1 amide bonds. The Morgan fingerprint density at radius 3 is 3.16 bits per heavy atom. The first-order valence-electron chi connectivity index (χ1n) is 6.67. The Kier molecular flexibility index (Phi) is 3.21. The molecule has 1 aromatic carbocycles. The molecule has 100 valence electrons. The van der Waals surface area contributed by atoms with Gasteiger partial charge in [-0.3, -0.25) is 9.48 Å². The molecule has 5 heteroatoms. The van der Waals surface area contributed by atoms with Gasteiger partial charge in [-0.25, -0.2) is 0 Å². The van der Waals surface area contributed by atoms with Gasteiger partial charge >= 0.3 is 0 Å². The van der Waals surface area contributed by atoms with Crippen LogP contribution in [0.25, 0.3) is 10.9 Å². The number of rotatable bonds is 3. The zero-order valence-corrected chi connectivity index (χ0v) is 11.0. The smallest absolute Gasteiger partial charge is 0.237 e. The van der Waals surface area contributed by atoms with E-state index in [4.69, 9.17) is 0 Å². The van der Waals surface area contributed by atoms with Gasteiger partial charge in [0, 0.05) is 25.5 Å². The monoisotopic (exact) mass is 258 g/mol. The molecule has 19 heavy (non-hydrogen) atoms. The third-order valence-corrected chi connectivity index (χ3v) is 3.64. The number of hydrogen-bond donors (Lipinski definition) is 2. The fraction of sp³-hybridized carbons (Fsp3) is 0.429. The molecule has 0 bridgehead atoms. The molecule has 1 atom stereocenters. The van der Waals surface area contributed by atoms with Crippen molar-refractivity contribution in [3.05, 3.63) is 30.0 Å².